The van der Waals surface area contributed by atoms with Crippen molar-refractivity contribution in [2.24, 2.45) is 0 Å². The third-order valence-corrected chi connectivity index (χ3v) is 5.46. The van der Waals surface area contributed by atoms with Gasteiger partial charge in [0.05, 0.1) is 11.6 Å². The van der Waals surface area contributed by atoms with E-state index in [1.807, 2.05) is 31.7 Å². The van der Waals surface area contributed by atoms with Gasteiger partial charge < -0.3 is 9.88 Å². The van der Waals surface area contributed by atoms with E-state index in [0.29, 0.717) is 10.0 Å². The van der Waals surface area contributed by atoms with Crippen LogP contribution in [0.2, 0.25) is 10.0 Å². The molecular weight excluding hydrogens is 361 g/mol. The van der Waals surface area contributed by atoms with E-state index in [9.17, 15) is 0 Å². The highest BCUT2D eigenvalue weighted by atomic mass is 35.5. The molecule has 2 aromatic carbocycles. The van der Waals surface area contributed by atoms with E-state index in [1.54, 1.807) is 24.0 Å². The standard InChI is InChI=1S/C18H17Cl2N3S/c1-21-14-3-5-15(6-4-14)24-18(11-23-9-8-22-12-23)16-7-2-13(19)10-17(16)20/h2-10,12,18,21H,11H2,1H3. The summed E-state index contributed by atoms with van der Waals surface area (Å²) in [6.07, 6.45) is 5.57. The summed E-state index contributed by atoms with van der Waals surface area (Å²) in [5, 5.41) is 4.62. The first-order chi connectivity index (χ1) is 11.7. The molecule has 1 aromatic heterocycles. The molecule has 1 atom stereocenters. The molecule has 1 unspecified atom stereocenters. The molecule has 24 heavy (non-hydrogen) atoms. The van der Waals surface area contributed by atoms with Crippen LogP contribution >= 0.6 is 35.0 Å². The van der Waals surface area contributed by atoms with Crippen molar-refractivity contribution in [2.75, 3.05) is 12.4 Å². The second-order valence-corrected chi connectivity index (χ2v) is 7.43. The van der Waals surface area contributed by atoms with E-state index in [0.717, 1.165) is 17.8 Å². The molecule has 124 valence electrons. The fourth-order valence-electron chi connectivity index (χ4n) is 2.41. The van der Waals surface area contributed by atoms with Crippen LogP contribution in [-0.4, -0.2) is 16.6 Å². The quantitative estimate of drug-likeness (QED) is 0.553. The van der Waals surface area contributed by atoms with Crippen molar-refractivity contribution in [3.05, 3.63) is 76.8 Å². The van der Waals surface area contributed by atoms with Crippen molar-refractivity contribution in [1.29, 1.82) is 0 Å². The Balaban J connectivity index is 1.88. The number of imidazole rings is 1. The Hall–Kier alpha value is -1.62. The minimum absolute atomic E-state index is 0.157. The Morgan fingerprint density at radius 3 is 2.58 bits per heavy atom. The van der Waals surface area contributed by atoms with Crippen LogP contribution in [0.1, 0.15) is 10.8 Å². The third kappa shape index (κ3) is 4.26. The molecular formula is C18H17Cl2N3S. The normalized spacial score (nSPS) is 12.1. The summed E-state index contributed by atoms with van der Waals surface area (Å²) in [5.74, 6) is 0. The number of benzene rings is 2. The van der Waals surface area contributed by atoms with Gasteiger partial charge in [-0.05, 0) is 42.0 Å². The maximum Gasteiger partial charge on any atom is 0.0946 e. The summed E-state index contributed by atoms with van der Waals surface area (Å²) >= 11 is 14.3. The van der Waals surface area contributed by atoms with Crippen LogP contribution in [0.3, 0.4) is 0 Å². The molecule has 0 spiro atoms. The first-order valence-corrected chi connectivity index (χ1v) is 9.14. The summed E-state index contributed by atoms with van der Waals surface area (Å²) in [6, 6.07) is 14.0. The SMILES string of the molecule is CNc1ccc(SC(Cn2ccnc2)c2ccc(Cl)cc2Cl)cc1. The molecule has 1 N–H and O–H groups in total. The largest absolute Gasteiger partial charge is 0.388 e. The van der Waals surface area contributed by atoms with Gasteiger partial charge in [0.1, 0.15) is 0 Å². The van der Waals surface area contributed by atoms with Gasteiger partial charge in [0, 0.05) is 46.6 Å². The number of anilines is 1. The minimum atomic E-state index is 0.157. The molecule has 0 aliphatic carbocycles. The number of aromatic nitrogens is 2. The lowest BCUT2D eigenvalue weighted by Gasteiger charge is -2.19. The van der Waals surface area contributed by atoms with E-state index in [1.165, 1.54) is 4.90 Å². The lowest BCUT2D eigenvalue weighted by atomic mass is 10.1. The number of nitrogens with one attached hydrogen (secondary N) is 1. The fraction of sp³-hybridized carbons (Fsp3) is 0.167. The maximum absolute atomic E-state index is 6.45. The summed E-state index contributed by atoms with van der Waals surface area (Å²) in [7, 11) is 1.91. The van der Waals surface area contributed by atoms with Gasteiger partial charge in [0.2, 0.25) is 0 Å². The number of nitrogens with zero attached hydrogens (tertiary/aromatic N) is 2. The first kappa shape index (κ1) is 17.2. The fourth-order valence-corrected chi connectivity index (χ4v) is 4.22. The highest BCUT2D eigenvalue weighted by Crippen LogP contribution is 2.40. The summed E-state index contributed by atoms with van der Waals surface area (Å²) < 4.78 is 2.06. The molecule has 3 rings (SSSR count). The summed E-state index contributed by atoms with van der Waals surface area (Å²) in [6.45, 7) is 0.778. The molecule has 0 amide bonds. The zero-order valence-electron chi connectivity index (χ0n) is 13.1. The molecule has 0 aliphatic rings. The smallest absolute Gasteiger partial charge is 0.0946 e. The van der Waals surface area contributed by atoms with Crippen molar-refractivity contribution < 1.29 is 0 Å². The molecule has 1 heterocycles. The van der Waals surface area contributed by atoms with Gasteiger partial charge in [-0.1, -0.05) is 29.3 Å². The van der Waals surface area contributed by atoms with Crippen molar-refractivity contribution in [1.82, 2.24) is 9.55 Å². The van der Waals surface area contributed by atoms with Gasteiger partial charge in [-0.15, -0.1) is 11.8 Å². The Kier molecular flexibility index (Phi) is 5.72. The molecule has 0 aliphatic heterocycles. The van der Waals surface area contributed by atoms with Crippen molar-refractivity contribution >= 4 is 40.7 Å². The van der Waals surface area contributed by atoms with Crippen LogP contribution < -0.4 is 5.32 Å². The molecule has 3 aromatic rings. The van der Waals surface area contributed by atoms with Gasteiger partial charge in [0.25, 0.3) is 0 Å². The topological polar surface area (TPSA) is 29.9 Å². The van der Waals surface area contributed by atoms with E-state index in [-0.39, 0.29) is 5.25 Å². The van der Waals surface area contributed by atoms with E-state index in [4.69, 9.17) is 23.2 Å². The van der Waals surface area contributed by atoms with Crippen molar-refractivity contribution in [2.45, 2.75) is 16.7 Å². The summed E-state index contributed by atoms with van der Waals surface area (Å²) in [5.41, 5.74) is 2.16. The van der Waals surface area contributed by atoms with Gasteiger partial charge in [-0.2, -0.15) is 0 Å². The second kappa shape index (κ2) is 7.97. The van der Waals surface area contributed by atoms with Crippen LogP contribution in [0.5, 0.6) is 0 Å². The molecule has 6 heteroatoms. The van der Waals surface area contributed by atoms with Crippen LogP contribution in [0.15, 0.2) is 66.1 Å². The van der Waals surface area contributed by atoms with Crippen LogP contribution in [0.4, 0.5) is 5.69 Å². The molecule has 0 saturated heterocycles. The van der Waals surface area contributed by atoms with E-state index >= 15 is 0 Å². The molecule has 0 saturated carbocycles. The maximum atomic E-state index is 6.45. The molecule has 3 nitrogen and oxygen atoms in total. The van der Waals surface area contributed by atoms with Gasteiger partial charge in [0.15, 0.2) is 0 Å². The zero-order valence-corrected chi connectivity index (χ0v) is 15.4. The number of rotatable bonds is 6. The number of hydrogen-bond acceptors (Lipinski definition) is 3. The number of hydrogen-bond donors (Lipinski definition) is 1. The first-order valence-electron chi connectivity index (χ1n) is 7.51. The minimum Gasteiger partial charge on any atom is -0.388 e. The van der Waals surface area contributed by atoms with Crippen LogP contribution in [-0.2, 0) is 6.54 Å². The monoisotopic (exact) mass is 377 g/mol. The average molecular weight is 378 g/mol. The Morgan fingerprint density at radius 2 is 1.96 bits per heavy atom. The second-order valence-electron chi connectivity index (χ2n) is 5.31. The Labute approximate surface area is 156 Å². The average Bonchev–Trinajstić information content (AvgIpc) is 3.08. The van der Waals surface area contributed by atoms with E-state index < -0.39 is 0 Å². The predicted molar refractivity (Wildman–Crippen MR) is 103 cm³/mol. The zero-order chi connectivity index (χ0) is 16.9. The number of halogens is 2. The summed E-state index contributed by atoms with van der Waals surface area (Å²) in [4.78, 5) is 5.31. The Morgan fingerprint density at radius 1 is 1.17 bits per heavy atom. The molecule has 0 bridgehead atoms. The third-order valence-electron chi connectivity index (χ3n) is 3.67. The highest BCUT2D eigenvalue weighted by Gasteiger charge is 2.17. The lowest BCUT2D eigenvalue weighted by Crippen LogP contribution is -2.05. The lowest BCUT2D eigenvalue weighted by molar-refractivity contribution is 0.683. The van der Waals surface area contributed by atoms with Gasteiger partial charge in [-0.3, -0.25) is 0 Å². The van der Waals surface area contributed by atoms with Crippen LogP contribution in [0.25, 0.3) is 0 Å². The highest BCUT2D eigenvalue weighted by molar-refractivity contribution is 7.99. The van der Waals surface area contributed by atoms with E-state index in [2.05, 4.69) is 39.1 Å². The Bertz CT molecular complexity index is 789. The van der Waals surface area contributed by atoms with Crippen LogP contribution in [0, 0.1) is 0 Å². The van der Waals surface area contributed by atoms with Gasteiger partial charge in [-0.25, -0.2) is 4.98 Å². The molecule has 0 radical (unpaired) electrons. The van der Waals surface area contributed by atoms with Gasteiger partial charge >= 0.3 is 0 Å². The molecule has 0 fully saturated rings. The predicted octanol–water partition coefficient (Wildman–Crippen LogP) is 5.77. The number of thioether (sulfide) groups is 1. The van der Waals surface area contributed by atoms with Crippen molar-refractivity contribution in [3.63, 3.8) is 0 Å². The van der Waals surface area contributed by atoms with Crippen molar-refractivity contribution in [3.8, 4) is 0 Å².